The number of hydrogen-bond acceptors (Lipinski definition) is 4. The van der Waals surface area contributed by atoms with E-state index in [1.807, 2.05) is 6.26 Å². The van der Waals surface area contributed by atoms with Crippen molar-refractivity contribution in [1.29, 1.82) is 0 Å². The van der Waals surface area contributed by atoms with Gasteiger partial charge in [0.1, 0.15) is 18.3 Å². The van der Waals surface area contributed by atoms with Crippen LogP contribution in [0.5, 0.6) is 0 Å². The lowest BCUT2D eigenvalue weighted by Crippen LogP contribution is -2.52. The lowest BCUT2D eigenvalue weighted by molar-refractivity contribution is -0.126. The molecule has 0 saturated heterocycles. The molecule has 8 heteroatoms. The fourth-order valence-electron chi connectivity index (χ4n) is 1.20. The average Bonchev–Trinajstić information content (AvgIpc) is 2.17. The number of carbonyl (C=O) groups is 1. The standard InChI is InChI=1S/C8H12F3N3OS/c1-16-3-2-5-7(15)14-13-6(12-5)4-8(9,10)11/h5H,2-4H2,1H3,(H,12,13)(H,14,15). The second kappa shape index (κ2) is 5.42. The van der Waals surface area contributed by atoms with E-state index in [0.717, 1.165) is 0 Å². The first-order valence-corrected chi connectivity index (χ1v) is 6.00. The molecule has 2 N–H and O–H groups in total. The van der Waals surface area contributed by atoms with E-state index >= 15 is 0 Å². The van der Waals surface area contributed by atoms with Crippen LogP contribution in [0.2, 0.25) is 0 Å². The summed E-state index contributed by atoms with van der Waals surface area (Å²) >= 11 is 1.52. The SMILES string of the molecule is CSCCC1N=C(CC(F)(F)F)NNC1=O. The molecule has 0 saturated carbocycles. The van der Waals surface area contributed by atoms with Gasteiger partial charge in [0.15, 0.2) is 0 Å². The van der Waals surface area contributed by atoms with E-state index in [1.165, 1.54) is 11.8 Å². The molecule has 0 spiro atoms. The van der Waals surface area contributed by atoms with Crippen LogP contribution in [0.1, 0.15) is 12.8 Å². The molecule has 1 atom stereocenters. The van der Waals surface area contributed by atoms with Crippen molar-refractivity contribution in [1.82, 2.24) is 10.9 Å². The van der Waals surface area contributed by atoms with Gasteiger partial charge in [-0.05, 0) is 18.4 Å². The van der Waals surface area contributed by atoms with Crippen molar-refractivity contribution >= 4 is 23.5 Å². The number of hydrazine groups is 1. The summed E-state index contributed by atoms with van der Waals surface area (Å²) in [6, 6.07) is -0.717. The first-order chi connectivity index (χ1) is 7.42. The maximum Gasteiger partial charge on any atom is 0.396 e. The van der Waals surface area contributed by atoms with Crippen LogP contribution in [-0.2, 0) is 4.79 Å². The molecule has 1 unspecified atom stereocenters. The van der Waals surface area contributed by atoms with Crippen molar-refractivity contribution in [3.05, 3.63) is 0 Å². The number of carbonyl (C=O) groups excluding carboxylic acids is 1. The van der Waals surface area contributed by atoms with Crippen LogP contribution in [0.15, 0.2) is 4.99 Å². The highest BCUT2D eigenvalue weighted by Gasteiger charge is 2.33. The van der Waals surface area contributed by atoms with E-state index in [1.54, 1.807) is 0 Å². The van der Waals surface area contributed by atoms with Crippen LogP contribution in [0, 0.1) is 0 Å². The zero-order chi connectivity index (χ0) is 12.2. The minimum Gasteiger partial charge on any atom is -0.285 e. The monoisotopic (exact) mass is 255 g/mol. The molecule has 0 aromatic heterocycles. The van der Waals surface area contributed by atoms with Crippen molar-refractivity contribution in [2.75, 3.05) is 12.0 Å². The fourth-order valence-corrected chi connectivity index (χ4v) is 1.66. The molecule has 1 aliphatic rings. The topological polar surface area (TPSA) is 53.5 Å². The Hall–Kier alpha value is -0.920. The first kappa shape index (κ1) is 13.1. The number of hydrogen-bond donors (Lipinski definition) is 2. The molecule has 0 aromatic rings. The Labute approximate surface area is 95.0 Å². The fraction of sp³-hybridized carbons (Fsp3) is 0.750. The third-order valence-corrected chi connectivity index (χ3v) is 2.55. The molecule has 1 heterocycles. The second-order valence-electron chi connectivity index (χ2n) is 3.28. The normalized spacial score (nSPS) is 21.1. The highest BCUT2D eigenvalue weighted by atomic mass is 32.2. The van der Waals surface area contributed by atoms with E-state index < -0.39 is 18.6 Å². The van der Waals surface area contributed by atoms with Crippen LogP contribution >= 0.6 is 11.8 Å². The van der Waals surface area contributed by atoms with Crippen LogP contribution < -0.4 is 10.9 Å². The Kier molecular flexibility index (Phi) is 4.45. The number of thioether (sulfide) groups is 1. The van der Waals surface area contributed by atoms with E-state index in [4.69, 9.17) is 0 Å². The highest BCUT2D eigenvalue weighted by Crippen LogP contribution is 2.20. The summed E-state index contributed by atoms with van der Waals surface area (Å²) in [6.07, 6.45) is -3.17. The molecule has 0 fully saturated rings. The summed E-state index contributed by atoms with van der Waals surface area (Å²) in [5.74, 6) is 0.0547. The average molecular weight is 255 g/mol. The minimum absolute atomic E-state index is 0.238. The molecule has 1 rings (SSSR count). The predicted octanol–water partition coefficient (Wildman–Crippen LogP) is 1.09. The van der Waals surface area contributed by atoms with Crippen LogP contribution in [0.4, 0.5) is 13.2 Å². The molecule has 0 aromatic carbocycles. The summed E-state index contributed by atoms with van der Waals surface area (Å²) in [6.45, 7) is 0. The van der Waals surface area contributed by atoms with E-state index in [9.17, 15) is 18.0 Å². The minimum atomic E-state index is -4.32. The van der Waals surface area contributed by atoms with Gasteiger partial charge in [0.2, 0.25) is 0 Å². The van der Waals surface area contributed by atoms with Gasteiger partial charge in [0.05, 0.1) is 0 Å². The summed E-state index contributed by atoms with van der Waals surface area (Å²) in [7, 11) is 0. The number of amides is 1. The van der Waals surface area contributed by atoms with Gasteiger partial charge in [-0.15, -0.1) is 0 Å². The Morgan fingerprint density at radius 3 is 2.69 bits per heavy atom. The number of amidine groups is 1. The maximum atomic E-state index is 12.1. The molecule has 0 aliphatic carbocycles. The molecule has 0 radical (unpaired) electrons. The van der Waals surface area contributed by atoms with Crippen molar-refractivity contribution in [3.8, 4) is 0 Å². The zero-order valence-corrected chi connectivity index (χ0v) is 9.41. The quantitative estimate of drug-likeness (QED) is 0.790. The number of alkyl halides is 3. The highest BCUT2D eigenvalue weighted by molar-refractivity contribution is 7.98. The van der Waals surface area contributed by atoms with Gasteiger partial charge in [0, 0.05) is 0 Å². The lowest BCUT2D eigenvalue weighted by atomic mass is 10.2. The third-order valence-electron chi connectivity index (χ3n) is 1.91. The zero-order valence-electron chi connectivity index (χ0n) is 8.60. The van der Waals surface area contributed by atoms with Crippen molar-refractivity contribution < 1.29 is 18.0 Å². The predicted molar refractivity (Wildman–Crippen MR) is 56.2 cm³/mol. The Bertz CT molecular complexity index is 293. The van der Waals surface area contributed by atoms with Gasteiger partial charge < -0.3 is 0 Å². The molecule has 4 nitrogen and oxygen atoms in total. The van der Waals surface area contributed by atoms with E-state index in [2.05, 4.69) is 15.8 Å². The molecular weight excluding hydrogens is 243 g/mol. The lowest BCUT2D eigenvalue weighted by Gasteiger charge is -2.22. The Balaban J connectivity index is 2.61. The van der Waals surface area contributed by atoms with Crippen LogP contribution in [0.25, 0.3) is 0 Å². The summed E-state index contributed by atoms with van der Waals surface area (Å²) in [4.78, 5) is 15.0. The largest absolute Gasteiger partial charge is 0.396 e. The van der Waals surface area contributed by atoms with Crippen molar-refractivity contribution in [2.45, 2.75) is 25.1 Å². The van der Waals surface area contributed by atoms with E-state index in [0.29, 0.717) is 12.2 Å². The number of nitrogens with zero attached hydrogens (tertiary/aromatic N) is 1. The van der Waals surface area contributed by atoms with Gasteiger partial charge in [-0.25, -0.2) is 0 Å². The molecule has 0 bridgehead atoms. The molecular formula is C8H12F3N3OS. The van der Waals surface area contributed by atoms with Gasteiger partial charge in [-0.2, -0.15) is 24.9 Å². The van der Waals surface area contributed by atoms with Crippen LogP contribution in [-0.4, -0.2) is 36.0 Å². The van der Waals surface area contributed by atoms with Gasteiger partial charge >= 0.3 is 6.18 Å². The van der Waals surface area contributed by atoms with Crippen molar-refractivity contribution in [2.24, 2.45) is 4.99 Å². The van der Waals surface area contributed by atoms with Gasteiger partial charge in [-0.1, -0.05) is 0 Å². The number of halogens is 3. The summed E-state index contributed by atoms with van der Waals surface area (Å²) in [5, 5.41) is 0. The molecule has 1 aliphatic heterocycles. The second-order valence-corrected chi connectivity index (χ2v) is 4.26. The third kappa shape index (κ3) is 4.30. The summed E-state index contributed by atoms with van der Waals surface area (Å²) < 4.78 is 36.2. The smallest absolute Gasteiger partial charge is 0.285 e. The number of nitrogens with one attached hydrogen (secondary N) is 2. The number of aliphatic imine (C=N–C) groups is 1. The number of rotatable bonds is 4. The molecule has 92 valence electrons. The van der Waals surface area contributed by atoms with Crippen LogP contribution in [0.3, 0.4) is 0 Å². The van der Waals surface area contributed by atoms with Gasteiger partial charge in [0.25, 0.3) is 5.91 Å². The Morgan fingerprint density at radius 1 is 1.44 bits per heavy atom. The van der Waals surface area contributed by atoms with Crippen molar-refractivity contribution in [3.63, 3.8) is 0 Å². The first-order valence-electron chi connectivity index (χ1n) is 4.60. The van der Waals surface area contributed by atoms with E-state index in [-0.39, 0.29) is 11.7 Å². The Morgan fingerprint density at radius 2 is 2.12 bits per heavy atom. The maximum absolute atomic E-state index is 12.1. The molecule has 1 amide bonds. The molecule has 16 heavy (non-hydrogen) atoms. The van der Waals surface area contributed by atoms with Gasteiger partial charge in [-0.3, -0.25) is 20.6 Å². The summed E-state index contributed by atoms with van der Waals surface area (Å²) in [5.41, 5.74) is 4.34.